The van der Waals surface area contributed by atoms with Crippen LogP contribution in [0, 0.1) is 11.3 Å². The molecule has 0 bridgehead atoms. The van der Waals surface area contributed by atoms with E-state index in [2.05, 4.69) is 4.90 Å². The van der Waals surface area contributed by atoms with E-state index in [1.165, 1.54) is 12.8 Å². The van der Waals surface area contributed by atoms with Crippen molar-refractivity contribution in [1.82, 2.24) is 4.90 Å². The summed E-state index contributed by atoms with van der Waals surface area (Å²) in [7, 11) is 0. The molecule has 0 amide bonds. The second-order valence-electron chi connectivity index (χ2n) is 6.54. The second kappa shape index (κ2) is 5.04. The number of alkyl halides is 2. The molecule has 2 rings (SSSR count). The van der Waals surface area contributed by atoms with Crippen molar-refractivity contribution in [2.45, 2.75) is 52.1 Å². The van der Waals surface area contributed by atoms with Crippen LogP contribution in [0.2, 0.25) is 0 Å². The molecule has 0 aromatic rings. The molecule has 0 spiro atoms. The molecule has 2 aliphatic rings. The highest BCUT2D eigenvalue weighted by molar-refractivity contribution is 4.97. The van der Waals surface area contributed by atoms with Crippen molar-refractivity contribution >= 4 is 0 Å². The molecule has 0 aromatic heterocycles. The molecular formula is C14H25F2NO. The number of nitrogens with zero attached hydrogens (tertiary/aromatic N) is 1. The maximum atomic E-state index is 13.3. The lowest BCUT2D eigenvalue weighted by molar-refractivity contribution is -0.0364. The third-order valence-corrected chi connectivity index (χ3v) is 4.23. The smallest absolute Gasteiger partial charge is 0.249 e. The molecule has 2 fully saturated rings. The lowest BCUT2D eigenvalue weighted by atomic mass is 10.0. The predicted octanol–water partition coefficient (Wildman–Crippen LogP) is 3.17. The van der Waals surface area contributed by atoms with E-state index >= 15 is 0 Å². The van der Waals surface area contributed by atoms with Crippen LogP contribution in [-0.2, 0) is 4.74 Å². The SMILES string of the molecule is CC(C)OCC1(CN2CC[C@H](C(C)(F)F)C2)CC1. The Kier molecular flexibility index (Phi) is 3.98. The number of hydrogen-bond acceptors (Lipinski definition) is 2. The van der Waals surface area contributed by atoms with Gasteiger partial charge in [0.15, 0.2) is 0 Å². The molecule has 1 aliphatic heterocycles. The second-order valence-corrected chi connectivity index (χ2v) is 6.54. The summed E-state index contributed by atoms with van der Waals surface area (Å²) in [6.07, 6.45) is 3.26. The highest BCUT2D eigenvalue weighted by atomic mass is 19.3. The minimum absolute atomic E-state index is 0.258. The molecule has 1 saturated carbocycles. The van der Waals surface area contributed by atoms with Gasteiger partial charge in [-0.05, 0) is 46.6 Å². The van der Waals surface area contributed by atoms with Gasteiger partial charge in [0.1, 0.15) is 0 Å². The highest BCUT2D eigenvalue weighted by Gasteiger charge is 2.47. The van der Waals surface area contributed by atoms with Crippen molar-refractivity contribution in [3.63, 3.8) is 0 Å². The first-order valence-electron chi connectivity index (χ1n) is 7.03. The van der Waals surface area contributed by atoms with E-state index in [0.717, 1.165) is 26.6 Å². The van der Waals surface area contributed by atoms with Crippen LogP contribution >= 0.6 is 0 Å². The molecule has 1 aliphatic carbocycles. The first-order chi connectivity index (χ1) is 8.31. The topological polar surface area (TPSA) is 12.5 Å². The number of ether oxygens (including phenoxy) is 1. The molecule has 1 saturated heterocycles. The van der Waals surface area contributed by atoms with Crippen molar-refractivity contribution < 1.29 is 13.5 Å². The van der Waals surface area contributed by atoms with Gasteiger partial charge in [0.2, 0.25) is 5.92 Å². The fourth-order valence-electron chi connectivity index (χ4n) is 2.73. The van der Waals surface area contributed by atoms with E-state index in [1.54, 1.807) is 0 Å². The monoisotopic (exact) mass is 261 g/mol. The summed E-state index contributed by atoms with van der Waals surface area (Å²) in [4.78, 5) is 2.21. The Balaban J connectivity index is 1.78. The zero-order valence-electron chi connectivity index (χ0n) is 11.7. The van der Waals surface area contributed by atoms with Crippen molar-refractivity contribution in [1.29, 1.82) is 0 Å². The molecule has 2 nitrogen and oxygen atoms in total. The molecule has 106 valence electrons. The van der Waals surface area contributed by atoms with Crippen LogP contribution in [0.15, 0.2) is 0 Å². The normalized spacial score (nSPS) is 28.0. The Morgan fingerprint density at radius 3 is 2.50 bits per heavy atom. The largest absolute Gasteiger partial charge is 0.378 e. The lowest BCUT2D eigenvalue weighted by Crippen LogP contribution is -2.34. The van der Waals surface area contributed by atoms with Crippen molar-refractivity contribution in [3.8, 4) is 0 Å². The van der Waals surface area contributed by atoms with Crippen molar-refractivity contribution in [2.24, 2.45) is 11.3 Å². The van der Waals surface area contributed by atoms with Crippen LogP contribution in [-0.4, -0.2) is 43.2 Å². The molecule has 0 aromatic carbocycles. The first-order valence-corrected chi connectivity index (χ1v) is 7.03. The van der Waals surface area contributed by atoms with Crippen LogP contribution in [0.25, 0.3) is 0 Å². The van der Waals surface area contributed by atoms with E-state index in [4.69, 9.17) is 4.74 Å². The van der Waals surface area contributed by atoms with Crippen LogP contribution < -0.4 is 0 Å². The van der Waals surface area contributed by atoms with Gasteiger partial charge in [-0.3, -0.25) is 0 Å². The van der Waals surface area contributed by atoms with Gasteiger partial charge in [0.05, 0.1) is 12.7 Å². The van der Waals surface area contributed by atoms with E-state index < -0.39 is 11.8 Å². The molecule has 4 heteroatoms. The van der Waals surface area contributed by atoms with Gasteiger partial charge in [-0.2, -0.15) is 0 Å². The maximum absolute atomic E-state index is 13.3. The van der Waals surface area contributed by atoms with Gasteiger partial charge in [-0.25, -0.2) is 8.78 Å². The average molecular weight is 261 g/mol. The fraction of sp³-hybridized carbons (Fsp3) is 1.00. The Hall–Kier alpha value is -0.220. The zero-order chi connectivity index (χ0) is 13.4. The summed E-state index contributed by atoms with van der Waals surface area (Å²) >= 11 is 0. The van der Waals surface area contributed by atoms with Crippen LogP contribution in [0.1, 0.15) is 40.0 Å². The molecule has 0 radical (unpaired) electrons. The number of halogens is 2. The summed E-state index contributed by atoms with van der Waals surface area (Å²) in [5, 5.41) is 0. The lowest BCUT2D eigenvalue weighted by Gasteiger charge is -2.25. The highest BCUT2D eigenvalue weighted by Crippen LogP contribution is 2.47. The summed E-state index contributed by atoms with van der Waals surface area (Å²) < 4.78 is 32.2. The molecule has 18 heavy (non-hydrogen) atoms. The predicted molar refractivity (Wildman–Crippen MR) is 67.9 cm³/mol. The van der Waals surface area contributed by atoms with Crippen LogP contribution in [0.3, 0.4) is 0 Å². The Bertz CT molecular complexity index is 284. The third kappa shape index (κ3) is 3.64. The molecule has 0 N–H and O–H groups in total. The van der Waals surface area contributed by atoms with Crippen molar-refractivity contribution in [2.75, 3.05) is 26.2 Å². The van der Waals surface area contributed by atoms with Gasteiger partial charge in [-0.1, -0.05) is 0 Å². The average Bonchev–Trinajstić information content (AvgIpc) is 2.82. The summed E-state index contributed by atoms with van der Waals surface area (Å²) in [5.41, 5.74) is 0.266. The summed E-state index contributed by atoms with van der Waals surface area (Å²) in [5.74, 6) is -2.99. The summed E-state index contributed by atoms with van der Waals surface area (Å²) in [6, 6.07) is 0. The summed E-state index contributed by atoms with van der Waals surface area (Å²) in [6.45, 7) is 8.22. The van der Waals surface area contributed by atoms with Gasteiger partial charge in [0, 0.05) is 24.4 Å². The van der Waals surface area contributed by atoms with E-state index in [-0.39, 0.29) is 11.5 Å². The van der Waals surface area contributed by atoms with Gasteiger partial charge >= 0.3 is 0 Å². The van der Waals surface area contributed by atoms with Crippen molar-refractivity contribution in [3.05, 3.63) is 0 Å². The Morgan fingerprint density at radius 2 is 2.06 bits per heavy atom. The zero-order valence-corrected chi connectivity index (χ0v) is 11.7. The van der Waals surface area contributed by atoms with E-state index in [0.29, 0.717) is 13.0 Å². The molecule has 0 unspecified atom stereocenters. The van der Waals surface area contributed by atoms with Gasteiger partial charge < -0.3 is 9.64 Å². The minimum atomic E-state index is -2.53. The standard InChI is InChI=1S/C14H25F2NO/c1-11(2)18-10-14(5-6-14)9-17-7-4-12(8-17)13(3,15)16/h11-12H,4-10H2,1-3H3/t12-/m0/s1. The number of rotatable bonds is 6. The van der Waals surface area contributed by atoms with Crippen LogP contribution in [0.5, 0.6) is 0 Å². The van der Waals surface area contributed by atoms with Gasteiger partial charge in [0.25, 0.3) is 0 Å². The molecule has 1 heterocycles. The molecule has 1 atom stereocenters. The molecular weight excluding hydrogens is 236 g/mol. The first kappa shape index (κ1) is 14.2. The Morgan fingerprint density at radius 1 is 1.39 bits per heavy atom. The maximum Gasteiger partial charge on any atom is 0.249 e. The minimum Gasteiger partial charge on any atom is -0.378 e. The quantitative estimate of drug-likeness (QED) is 0.728. The van der Waals surface area contributed by atoms with E-state index in [9.17, 15) is 8.78 Å². The third-order valence-electron chi connectivity index (χ3n) is 4.23. The number of likely N-dealkylation sites (tertiary alicyclic amines) is 1. The number of hydrogen-bond donors (Lipinski definition) is 0. The Labute approximate surface area is 109 Å². The van der Waals surface area contributed by atoms with Crippen LogP contribution in [0.4, 0.5) is 8.78 Å². The van der Waals surface area contributed by atoms with E-state index in [1.807, 2.05) is 13.8 Å². The fourth-order valence-corrected chi connectivity index (χ4v) is 2.73. The van der Waals surface area contributed by atoms with Gasteiger partial charge in [-0.15, -0.1) is 0 Å².